The van der Waals surface area contributed by atoms with E-state index in [0.717, 1.165) is 22.4 Å². The Hall–Kier alpha value is -3.09. The molecule has 0 aliphatic carbocycles. The number of rotatable bonds is 5. The van der Waals surface area contributed by atoms with Gasteiger partial charge in [-0.05, 0) is 60.2 Å². The highest BCUT2D eigenvalue weighted by Gasteiger charge is 2.47. The van der Waals surface area contributed by atoms with Gasteiger partial charge in [0.05, 0.1) is 23.3 Å². The van der Waals surface area contributed by atoms with Gasteiger partial charge in [-0.25, -0.2) is 0 Å². The number of thiophene rings is 1. The molecule has 0 spiro atoms. The van der Waals surface area contributed by atoms with Gasteiger partial charge in [-0.2, -0.15) is 0 Å². The number of benzene rings is 2. The molecule has 3 aromatic rings. The summed E-state index contributed by atoms with van der Waals surface area (Å²) in [6.45, 7) is 3.87. The summed E-state index contributed by atoms with van der Waals surface area (Å²) in [4.78, 5) is 28.6. The highest BCUT2D eigenvalue weighted by Crippen LogP contribution is 2.45. The Labute approximate surface area is 195 Å². The third-order valence-electron chi connectivity index (χ3n) is 5.53. The molecule has 2 heterocycles. The third kappa shape index (κ3) is 3.70. The zero-order valence-electron chi connectivity index (χ0n) is 17.9. The summed E-state index contributed by atoms with van der Waals surface area (Å²) in [5.74, 6) is -1.50. The van der Waals surface area contributed by atoms with Crippen LogP contribution in [0.5, 0.6) is 5.75 Å². The van der Waals surface area contributed by atoms with Crippen molar-refractivity contribution in [3.05, 3.63) is 86.1 Å². The lowest BCUT2D eigenvalue weighted by Crippen LogP contribution is -2.29. The number of carbonyl (C=O) groups excluding carboxylic acids is 2. The number of methoxy groups -OCH3 is 1. The van der Waals surface area contributed by atoms with E-state index in [-0.39, 0.29) is 22.6 Å². The molecule has 1 saturated heterocycles. The molecule has 1 atom stereocenters. The van der Waals surface area contributed by atoms with Crippen molar-refractivity contribution in [2.24, 2.45) is 0 Å². The van der Waals surface area contributed by atoms with E-state index in [0.29, 0.717) is 10.7 Å². The third-order valence-corrected chi connectivity index (χ3v) is 6.73. The number of amides is 1. The van der Waals surface area contributed by atoms with Crippen LogP contribution in [0.2, 0.25) is 5.02 Å². The Kier molecular flexibility index (Phi) is 6.09. The van der Waals surface area contributed by atoms with E-state index in [1.165, 1.54) is 23.3 Å². The van der Waals surface area contributed by atoms with Gasteiger partial charge in [-0.1, -0.05) is 36.7 Å². The van der Waals surface area contributed by atoms with Gasteiger partial charge < -0.3 is 9.84 Å². The summed E-state index contributed by atoms with van der Waals surface area (Å²) in [6.07, 6.45) is 0.862. The fourth-order valence-electron chi connectivity index (χ4n) is 3.96. The maximum absolute atomic E-state index is 13.2. The number of aryl methyl sites for hydroxylation is 2. The molecular weight excluding hydrogens is 446 g/mol. The number of halogens is 1. The number of ketones is 1. The number of anilines is 1. The van der Waals surface area contributed by atoms with Crippen LogP contribution < -0.4 is 9.64 Å². The van der Waals surface area contributed by atoms with E-state index in [1.54, 1.807) is 12.1 Å². The Morgan fingerprint density at radius 3 is 2.50 bits per heavy atom. The standard InChI is InChI=1S/C25H22ClNO4S/c1-4-15-7-9-16(10-8-15)27-21(19-6-5-11-32-19)20(23(29)25(27)30)22(28)17-12-14(2)13-18(26)24(17)31-3/h5-13,21,28H,4H2,1-3H3/b22-20-. The monoisotopic (exact) mass is 467 g/mol. The van der Waals surface area contributed by atoms with Crippen LogP contribution in [0.25, 0.3) is 5.76 Å². The van der Waals surface area contributed by atoms with E-state index in [4.69, 9.17) is 16.3 Å². The maximum atomic E-state index is 13.2. The van der Waals surface area contributed by atoms with E-state index < -0.39 is 17.7 Å². The van der Waals surface area contributed by atoms with Gasteiger partial charge in [0.15, 0.2) is 0 Å². The Bertz CT molecular complexity index is 1220. The molecule has 32 heavy (non-hydrogen) atoms. The number of hydrogen-bond acceptors (Lipinski definition) is 5. The number of ether oxygens (including phenoxy) is 1. The summed E-state index contributed by atoms with van der Waals surface area (Å²) >= 11 is 7.73. The van der Waals surface area contributed by atoms with Crippen LogP contribution in [0.15, 0.2) is 59.5 Å². The summed E-state index contributed by atoms with van der Waals surface area (Å²) in [5.41, 5.74) is 2.79. The van der Waals surface area contributed by atoms with Crippen molar-refractivity contribution in [1.29, 1.82) is 0 Å². The first-order chi connectivity index (χ1) is 15.4. The largest absolute Gasteiger partial charge is 0.507 e. The van der Waals surface area contributed by atoms with Crippen LogP contribution in [-0.4, -0.2) is 23.9 Å². The molecule has 0 radical (unpaired) electrons. The normalized spacial score (nSPS) is 17.8. The number of hydrogen-bond donors (Lipinski definition) is 1. The lowest BCUT2D eigenvalue weighted by Gasteiger charge is -2.24. The number of nitrogens with zero attached hydrogens (tertiary/aromatic N) is 1. The second-order valence-corrected chi connectivity index (χ2v) is 8.92. The minimum Gasteiger partial charge on any atom is -0.507 e. The van der Waals surface area contributed by atoms with E-state index in [1.807, 2.05) is 55.6 Å². The molecule has 4 rings (SSSR count). The minimum atomic E-state index is -0.758. The van der Waals surface area contributed by atoms with Gasteiger partial charge >= 0.3 is 0 Å². The van der Waals surface area contributed by atoms with Crippen LogP contribution >= 0.6 is 22.9 Å². The van der Waals surface area contributed by atoms with Gasteiger partial charge in [-0.15, -0.1) is 11.3 Å². The van der Waals surface area contributed by atoms with Gasteiger partial charge in [0, 0.05) is 10.6 Å². The molecule has 0 saturated carbocycles. The SMILES string of the molecule is CCc1ccc(N2C(=O)C(=O)/C(=C(\O)c3cc(C)cc(Cl)c3OC)C2c2cccs2)cc1. The second kappa shape index (κ2) is 8.81. The first-order valence-corrected chi connectivity index (χ1v) is 11.4. The molecule has 2 aromatic carbocycles. The molecule has 1 unspecified atom stereocenters. The zero-order chi connectivity index (χ0) is 23.0. The Balaban J connectivity index is 1.95. The predicted octanol–water partition coefficient (Wildman–Crippen LogP) is 5.91. The quantitative estimate of drug-likeness (QED) is 0.288. The zero-order valence-corrected chi connectivity index (χ0v) is 19.5. The van der Waals surface area contributed by atoms with Crippen molar-refractivity contribution in [1.82, 2.24) is 0 Å². The van der Waals surface area contributed by atoms with Crippen LogP contribution in [0.4, 0.5) is 5.69 Å². The van der Waals surface area contributed by atoms with Crippen molar-refractivity contribution < 1.29 is 19.4 Å². The minimum absolute atomic E-state index is 0.0111. The van der Waals surface area contributed by atoms with Gasteiger partial charge in [0.25, 0.3) is 11.7 Å². The topological polar surface area (TPSA) is 66.8 Å². The Morgan fingerprint density at radius 2 is 1.91 bits per heavy atom. The van der Waals surface area contributed by atoms with Gasteiger partial charge in [0.2, 0.25) is 0 Å². The second-order valence-electron chi connectivity index (χ2n) is 7.53. The first-order valence-electron chi connectivity index (χ1n) is 10.1. The van der Waals surface area contributed by atoms with Crippen molar-refractivity contribution in [3.63, 3.8) is 0 Å². The molecule has 1 aromatic heterocycles. The van der Waals surface area contributed by atoms with Crippen molar-refractivity contribution in [2.75, 3.05) is 12.0 Å². The highest BCUT2D eigenvalue weighted by molar-refractivity contribution is 7.10. The molecule has 164 valence electrons. The molecule has 1 aliphatic heterocycles. The number of carbonyl (C=O) groups is 2. The van der Waals surface area contributed by atoms with Crippen LogP contribution in [0.1, 0.15) is 34.5 Å². The molecule has 1 fully saturated rings. The lowest BCUT2D eigenvalue weighted by molar-refractivity contribution is -0.132. The number of Topliss-reactive ketones (excluding diaryl/α,β-unsaturated/α-hetero) is 1. The maximum Gasteiger partial charge on any atom is 0.300 e. The fraction of sp³-hybridized carbons (Fsp3) is 0.200. The molecule has 7 heteroatoms. The molecule has 0 bridgehead atoms. The summed E-state index contributed by atoms with van der Waals surface area (Å²) in [6, 6.07) is 13.9. The molecule has 5 nitrogen and oxygen atoms in total. The predicted molar refractivity (Wildman–Crippen MR) is 128 cm³/mol. The first kappa shape index (κ1) is 22.1. The van der Waals surface area contributed by atoms with Crippen molar-refractivity contribution >= 4 is 46.1 Å². The molecular formula is C25H22ClNO4S. The van der Waals surface area contributed by atoms with E-state index in [2.05, 4.69) is 0 Å². The van der Waals surface area contributed by atoms with E-state index in [9.17, 15) is 14.7 Å². The highest BCUT2D eigenvalue weighted by atomic mass is 35.5. The van der Waals surface area contributed by atoms with Gasteiger partial charge in [0.1, 0.15) is 17.6 Å². The lowest BCUT2D eigenvalue weighted by atomic mass is 9.98. The summed E-state index contributed by atoms with van der Waals surface area (Å²) in [5, 5.41) is 13.5. The molecule has 1 aliphatic rings. The van der Waals surface area contributed by atoms with Crippen molar-refractivity contribution in [2.45, 2.75) is 26.3 Å². The van der Waals surface area contributed by atoms with Crippen LogP contribution in [0.3, 0.4) is 0 Å². The van der Waals surface area contributed by atoms with E-state index >= 15 is 0 Å². The van der Waals surface area contributed by atoms with Crippen LogP contribution in [-0.2, 0) is 16.0 Å². The molecule has 1 N–H and O–H groups in total. The number of aliphatic hydroxyl groups is 1. The summed E-state index contributed by atoms with van der Waals surface area (Å²) in [7, 11) is 1.44. The Morgan fingerprint density at radius 1 is 1.19 bits per heavy atom. The van der Waals surface area contributed by atoms with Crippen molar-refractivity contribution in [3.8, 4) is 5.75 Å². The van der Waals surface area contributed by atoms with Crippen LogP contribution in [0, 0.1) is 6.92 Å². The average Bonchev–Trinajstić information content (AvgIpc) is 3.40. The number of aliphatic hydroxyl groups excluding tert-OH is 1. The average molecular weight is 468 g/mol. The summed E-state index contributed by atoms with van der Waals surface area (Å²) < 4.78 is 5.40. The van der Waals surface area contributed by atoms with Gasteiger partial charge in [-0.3, -0.25) is 14.5 Å². The molecule has 1 amide bonds. The fourth-order valence-corrected chi connectivity index (χ4v) is 5.14. The smallest absolute Gasteiger partial charge is 0.300 e.